The minimum absolute atomic E-state index is 0.119. The van der Waals surface area contributed by atoms with Gasteiger partial charge in [-0.25, -0.2) is 0 Å². The Morgan fingerprint density at radius 1 is 1.30 bits per heavy atom. The maximum absolute atomic E-state index is 13.1. The maximum atomic E-state index is 13.1. The molecule has 7 nitrogen and oxygen atoms in total. The van der Waals surface area contributed by atoms with Crippen LogP contribution in [0.3, 0.4) is 0 Å². The number of amides is 2. The Bertz CT molecular complexity index is 1020. The number of halogens is 3. The van der Waals surface area contributed by atoms with Gasteiger partial charge in [-0.1, -0.05) is 12.1 Å². The molecule has 0 unspecified atom stereocenters. The molecule has 0 radical (unpaired) electrons. The molecule has 1 saturated carbocycles. The number of carbonyl (C=O) groups excluding carboxylic acids is 2. The fourth-order valence-electron chi connectivity index (χ4n) is 5.95. The predicted molar refractivity (Wildman–Crippen MR) is 111 cm³/mol. The lowest BCUT2D eigenvalue weighted by molar-refractivity contribution is -0.141. The molecule has 3 saturated heterocycles. The number of nitriles is 1. The molecule has 2 N–H and O–H groups in total. The Morgan fingerprint density at radius 2 is 2.06 bits per heavy atom. The van der Waals surface area contributed by atoms with Gasteiger partial charge < -0.3 is 15.5 Å². The van der Waals surface area contributed by atoms with Crippen LogP contribution in [-0.4, -0.2) is 69.8 Å². The number of piperidine rings is 1. The topological polar surface area (TPSA) is 93.7 Å². The van der Waals surface area contributed by atoms with Crippen molar-refractivity contribution in [3.05, 3.63) is 35.4 Å². The number of carbonyl (C=O) groups is 2. The highest BCUT2D eigenvalue weighted by molar-refractivity contribution is 5.87. The molecule has 2 amide bonds. The van der Waals surface area contributed by atoms with E-state index in [-0.39, 0.29) is 30.4 Å². The van der Waals surface area contributed by atoms with Crippen LogP contribution >= 0.6 is 0 Å². The minimum atomic E-state index is -4.44. The van der Waals surface area contributed by atoms with E-state index < -0.39 is 35.9 Å². The van der Waals surface area contributed by atoms with E-state index in [1.807, 2.05) is 4.90 Å². The van der Waals surface area contributed by atoms with Crippen LogP contribution in [-0.2, 0) is 15.8 Å². The zero-order valence-electron chi connectivity index (χ0n) is 18.2. The molecule has 0 spiro atoms. The van der Waals surface area contributed by atoms with Crippen molar-refractivity contribution in [2.24, 2.45) is 11.7 Å². The van der Waals surface area contributed by atoms with Crippen molar-refractivity contribution in [2.45, 2.75) is 68.6 Å². The van der Waals surface area contributed by atoms with Crippen molar-refractivity contribution >= 4 is 11.8 Å². The predicted octanol–water partition coefficient (Wildman–Crippen LogP) is 1.89. The third-order valence-corrected chi connectivity index (χ3v) is 7.68. The molecule has 5 rings (SSSR count). The van der Waals surface area contributed by atoms with Crippen LogP contribution in [0.25, 0.3) is 0 Å². The van der Waals surface area contributed by atoms with Crippen LogP contribution in [0.5, 0.6) is 0 Å². The highest BCUT2D eigenvalue weighted by Crippen LogP contribution is 2.48. The molecular weight excluding hydrogens is 435 g/mol. The number of piperazine rings is 1. The molecule has 7 atom stereocenters. The normalized spacial score (nSPS) is 32.6. The van der Waals surface area contributed by atoms with Gasteiger partial charge in [0.25, 0.3) is 0 Å². The summed E-state index contributed by atoms with van der Waals surface area (Å²) in [7, 11) is 0. The first kappa shape index (κ1) is 22.2. The summed E-state index contributed by atoms with van der Waals surface area (Å²) in [6.45, 7) is 2.49. The molecule has 33 heavy (non-hydrogen) atoms. The molecule has 3 aliphatic heterocycles. The number of nitrogens with two attached hydrogens (primary N) is 1. The first-order chi connectivity index (χ1) is 15.6. The van der Waals surface area contributed by atoms with Gasteiger partial charge in [0.2, 0.25) is 11.8 Å². The molecule has 2 bridgehead atoms. The zero-order chi connectivity index (χ0) is 23.7. The Labute approximate surface area is 189 Å². The summed E-state index contributed by atoms with van der Waals surface area (Å²) in [6.07, 6.45) is -2.25. The number of fused-ring (bicyclic) bond motifs is 3. The first-order valence-electron chi connectivity index (χ1n) is 11.3. The van der Waals surface area contributed by atoms with E-state index in [0.29, 0.717) is 30.9 Å². The lowest BCUT2D eigenvalue weighted by atomic mass is 10.0. The van der Waals surface area contributed by atoms with Gasteiger partial charge in [-0.15, -0.1) is 0 Å². The van der Waals surface area contributed by atoms with Crippen LogP contribution in [0.15, 0.2) is 24.3 Å². The molecule has 0 aromatic heterocycles. The molecule has 176 valence electrons. The lowest BCUT2D eigenvalue weighted by Gasteiger charge is -2.38. The standard InChI is InChI=1S/C23H26F3N5O2/c1-12(13-3-2-4-15(5-13)23(24,25)26)30-17-8-20(22(30)33)29(10-17)11-18(28)21(32)31-16(9-27)6-14-7-19(14)31/h2-5,12,14,16-20H,6-8,10-11,28H2,1H3/t12-,14+,16-,17-,18-,19-,20-/m0/s1. The Kier molecular flexibility index (Phi) is 5.18. The van der Waals surface area contributed by atoms with Gasteiger partial charge in [-0.2, -0.15) is 18.4 Å². The van der Waals surface area contributed by atoms with E-state index >= 15 is 0 Å². The number of hydrogen-bond donors (Lipinski definition) is 1. The van der Waals surface area contributed by atoms with Gasteiger partial charge >= 0.3 is 6.18 Å². The number of alkyl halides is 3. The molecule has 4 fully saturated rings. The third-order valence-electron chi connectivity index (χ3n) is 7.68. The minimum Gasteiger partial charge on any atom is -0.330 e. The third kappa shape index (κ3) is 3.67. The van der Waals surface area contributed by atoms with E-state index in [1.165, 1.54) is 6.07 Å². The average Bonchev–Trinajstić information content (AvgIpc) is 3.11. The fourth-order valence-corrected chi connectivity index (χ4v) is 5.95. The van der Waals surface area contributed by atoms with Crippen molar-refractivity contribution in [2.75, 3.05) is 13.1 Å². The molecule has 4 aliphatic rings. The largest absolute Gasteiger partial charge is 0.416 e. The summed E-state index contributed by atoms with van der Waals surface area (Å²) in [5.74, 6) is 0.0196. The number of hydrogen-bond acceptors (Lipinski definition) is 5. The van der Waals surface area contributed by atoms with Crippen molar-refractivity contribution in [3.63, 3.8) is 0 Å². The Hall–Kier alpha value is -2.64. The fraction of sp³-hybridized carbons (Fsp3) is 0.609. The van der Waals surface area contributed by atoms with Crippen LogP contribution < -0.4 is 5.73 Å². The summed E-state index contributed by atoms with van der Waals surface area (Å²) in [5, 5.41) is 9.34. The van der Waals surface area contributed by atoms with Crippen LogP contribution in [0.1, 0.15) is 43.4 Å². The summed E-state index contributed by atoms with van der Waals surface area (Å²) >= 11 is 0. The van der Waals surface area contributed by atoms with Crippen molar-refractivity contribution in [1.29, 1.82) is 5.26 Å². The average molecular weight is 461 g/mol. The van der Waals surface area contributed by atoms with E-state index in [9.17, 15) is 28.0 Å². The SMILES string of the molecule is C[C@@H](c1cccc(C(F)(F)F)c1)N1C(=O)[C@@H]2C[C@H]1CN2C[C@H](N)C(=O)N1[C@H](C#N)C[C@@H]2C[C@@H]21. The van der Waals surface area contributed by atoms with Crippen molar-refractivity contribution in [1.82, 2.24) is 14.7 Å². The van der Waals surface area contributed by atoms with Crippen LogP contribution in [0, 0.1) is 17.2 Å². The zero-order valence-corrected chi connectivity index (χ0v) is 18.2. The Balaban J connectivity index is 1.24. The number of benzene rings is 1. The van der Waals surface area contributed by atoms with Crippen LogP contribution in [0.4, 0.5) is 13.2 Å². The van der Waals surface area contributed by atoms with E-state index in [2.05, 4.69) is 6.07 Å². The summed E-state index contributed by atoms with van der Waals surface area (Å²) < 4.78 is 39.3. The quantitative estimate of drug-likeness (QED) is 0.723. The smallest absolute Gasteiger partial charge is 0.330 e. The highest BCUT2D eigenvalue weighted by Gasteiger charge is 2.56. The molecule has 1 aliphatic carbocycles. The lowest BCUT2D eigenvalue weighted by Crippen LogP contribution is -2.57. The van der Waals surface area contributed by atoms with Gasteiger partial charge in [0.05, 0.1) is 29.8 Å². The van der Waals surface area contributed by atoms with E-state index in [0.717, 1.165) is 18.6 Å². The number of rotatable bonds is 5. The molecule has 10 heteroatoms. The summed E-state index contributed by atoms with van der Waals surface area (Å²) in [5.41, 5.74) is 5.93. The van der Waals surface area contributed by atoms with Gasteiger partial charge in [0.15, 0.2) is 0 Å². The van der Waals surface area contributed by atoms with Crippen molar-refractivity contribution < 1.29 is 22.8 Å². The Morgan fingerprint density at radius 3 is 2.73 bits per heavy atom. The van der Waals surface area contributed by atoms with Gasteiger partial charge in [0.1, 0.15) is 6.04 Å². The van der Waals surface area contributed by atoms with E-state index in [4.69, 9.17) is 5.73 Å². The maximum Gasteiger partial charge on any atom is 0.416 e. The van der Waals surface area contributed by atoms with Crippen LogP contribution in [0.2, 0.25) is 0 Å². The number of likely N-dealkylation sites (tertiary alicyclic amines) is 3. The van der Waals surface area contributed by atoms with Gasteiger partial charge in [-0.3, -0.25) is 14.5 Å². The molecular formula is C23H26F3N5O2. The monoisotopic (exact) mass is 461 g/mol. The molecule has 1 aromatic carbocycles. The summed E-state index contributed by atoms with van der Waals surface area (Å²) in [6, 6.07) is 5.11. The first-order valence-corrected chi connectivity index (χ1v) is 11.3. The second-order valence-electron chi connectivity index (χ2n) is 9.70. The second kappa shape index (κ2) is 7.71. The van der Waals surface area contributed by atoms with Gasteiger partial charge in [-0.05, 0) is 49.8 Å². The van der Waals surface area contributed by atoms with E-state index in [1.54, 1.807) is 22.8 Å². The molecule has 3 heterocycles. The summed E-state index contributed by atoms with van der Waals surface area (Å²) in [4.78, 5) is 31.3. The highest BCUT2D eigenvalue weighted by atomic mass is 19.4. The van der Waals surface area contributed by atoms with Gasteiger partial charge in [0, 0.05) is 25.2 Å². The van der Waals surface area contributed by atoms with Crippen molar-refractivity contribution in [3.8, 4) is 6.07 Å². The molecule has 1 aromatic rings. The second-order valence-corrected chi connectivity index (χ2v) is 9.70. The number of nitrogens with zero attached hydrogens (tertiary/aromatic N) is 4.